The van der Waals surface area contributed by atoms with E-state index in [1.807, 2.05) is 60.7 Å². The first kappa shape index (κ1) is 17.0. The highest BCUT2D eigenvalue weighted by Gasteiger charge is 2.10. The van der Waals surface area contributed by atoms with Crippen LogP contribution in [0.15, 0.2) is 77.3 Å². The van der Waals surface area contributed by atoms with E-state index in [1.54, 1.807) is 0 Å². The molecule has 0 aliphatic heterocycles. The number of aromatic nitrogens is 2. The first-order chi connectivity index (χ1) is 13.2. The third-order valence-corrected chi connectivity index (χ3v) is 4.45. The predicted octanol–water partition coefficient (Wildman–Crippen LogP) is 5.60. The van der Waals surface area contributed by atoms with Crippen LogP contribution in [0, 0.1) is 13.8 Å². The molecule has 1 heterocycles. The Hall–Kier alpha value is -3.40. The molecule has 0 saturated carbocycles. The van der Waals surface area contributed by atoms with Gasteiger partial charge in [0, 0.05) is 11.1 Å². The average Bonchev–Trinajstić information content (AvgIpc) is 3.19. The summed E-state index contributed by atoms with van der Waals surface area (Å²) >= 11 is 0. The second-order valence-electron chi connectivity index (χ2n) is 6.50. The molecule has 0 aliphatic rings. The van der Waals surface area contributed by atoms with Crippen LogP contribution in [0.4, 0.5) is 0 Å². The quantitative estimate of drug-likeness (QED) is 0.467. The van der Waals surface area contributed by atoms with Gasteiger partial charge >= 0.3 is 0 Å². The highest BCUT2D eigenvalue weighted by Crippen LogP contribution is 2.25. The number of hydrogen-bond acceptors (Lipinski definition) is 4. The SMILES string of the molecule is Cc1cccc(C)c1OCc1ccc(-c2nc(-c3ccccc3)no2)cc1. The zero-order valence-electron chi connectivity index (χ0n) is 15.3. The van der Waals surface area contributed by atoms with Crippen molar-refractivity contribution < 1.29 is 9.26 Å². The number of rotatable bonds is 5. The van der Waals surface area contributed by atoms with Gasteiger partial charge in [-0.3, -0.25) is 0 Å². The Morgan fingerprint density at radius 3 is 2.19 bits per heavy atom. The summed E-state index contributed by atoms with van der Waals surface area (Å²) in [5.41, 5.74) is 5.20. The van der Waals surface area contributed by atoms with Crippen molar-refractivity contribution >= 4 is 0 Å². The first-order valence-electron chi connectivity index (χ1n) is 8.88. The van der Waals surface area contributed by atoms with Crippen LogP contribution in [0.1, 0.15) is 16.7 Å². The molecule has 1 aromatic heterocycles. The van der Waals surface area contributed by atoms with Gasteiger partial charge in [-0.15, -0.1) is 0 Å². The third kappa shape index (κ3) is 3.75. The van der Waals surface area contributed by atoms with Gasteiger partial charge < -0.3 is 9.26 Å². The fourth-order valence-electron chi connectivity index (χ4n) is 2.97. The summed E-state index contributed by atoms with van der Waals surface area (Å²) < 4.78 is 11.4. The van der Waals surface area contributed by atoms with Crippen LogP contribution in [-0.2, 0) is 6.61 Å². The Morgan fingerprint density at radius 2 is 1.48 bits per heavy atom. The normalized spacial score (nSPS) is 10.7. The van der Waals surface area contributed by atoms with Crippen molar-refractivity contribution in [2.24, 2.45) is 0 Å². The molecular weight excluding hydrogens is 336 g/mol. The molecule has 0 N–H and O–H groups in total. The van der Waals surface area contributed by atoms with Gasteiger partial charge in [0.15, 0.2) is 0 Å². The number of hydrogen-bond donors (Lipinski definition) is 0. The van der Waals surface area contributed by atoms with Crippen molar-refractivity contribution in [1.29, 1.82) is 0 Å². The van der Waals surface area contributed by atoms with Crippen LogP contribution in [0.5, 0.6) is 5.75 Å². The van der Waals surface area contributed by atoms with E-state index in [1.165, 1.54) is 0 Å². The Bertz CT molecular complexity index is 1020. The number of nitrogens with zero attached hydrogens (tertiary/aromatic N) is 2. The standard InChI is InChI=1S/C23H20N2O2/c1-16-7-6-8-17(2)21(16)26-15-18-11-13-20(14-12-18)23-24-22(25-27-23)19-9-4-3-5-10-19/h3-14H,15H2,1-2H3. The van der Waals surface area contributed by atoms with Gasteiger partial charge in [0.25, 0.3) is 5.89 Å². The van der Waals surface area contributed by atoms with E-state index in [9.17, 15) is 0 Å². The first-order valence-corrected chi connectivity index (χ1v) is 8.88. The van der Waals surface area contributed by atoms with Gasteiger partial charge in [-0.05, 0) is 42.7 Å². The molecule has 0 atom stereocenters. The zero-order chi connectivity index (χ0) is 18.6. The summed E-state index contributed by atoms with van der Waals surface area (Å²) in [7, 11) is 0. The molecule has 4 rings (SSSR count). The topological polar surface area (TPSA) is 48.2 Å². The van der Waals surface area contributed by atoms with Crippen LogP contribution in [-0.4, -0.2) is 10.1 Å². The van der Waals surface area contributed by atoms with Gasteiger partial charge in [-0.25, -0.2) is 0 Å². The molecule has 27 heavy (non-hydrogen) atoms. The number of benzene rings is 3. The zero-order valence-corrected chi connectivity index (χ0v) is 15.3. The number of ether oxygens (including phenoxy) is 1. The van der Waals surface area contributed by atoms with Crippen molar-refractivity contribution in [2.45, 2.75) is 20.5 Å². The van der Waals surface area contributed by atoms with E-state index in [2.05, 4.69) is 36.1 Å². The lowest BCUT2D eigenvalue weighted by atomic mass is 10.1. The lowest BCUT2D eigenvalue weighted by Crippen LogP contribution is -1.98. The summed E-state index contributed by atoms with van der Waals surface area (Å²) in [6.07, 6.45) is 0. The van der Waals surface area contributed by atoms with E-state index < -0.39 is 0 Å². The fourth-order valence-corrected chi connectivity index (χ4v) is 2.97. The fraction of sp³-hybridized carbons (Fsp3) is 0.130. The average molecular weight is 356 g/mol. The van der Waals surface area contributed by atoms with Gasteiger partial charge in [0.1, 0.15) is 12.4 Å². The molecule has 0 bridgehead atoms. The highest BCUT2D eigenvalue weighted by molar-refractivity contribution is 5.59. The monoisotopic (exact) mass is 356 g/mol. The third-order valence-electron chi connectivity index (χ3n) is 4.45. The minimum Gasteiger partial charge on any atom is -0.488 e. The maximum absolute atomic E-state index is 6.01. The molecule has 4 heteroatoms. The smallest absolute Gasteiger partial charge is 0.258 e. The molecule has 0 radical (unpaired) electrons. The van der Waals surface area contributed by atoms with Crippen LogP contribution >= 0.6 is 0 Å². The summed E-state index contributed by atoms with van der Waals surface area (Å²) in [6, 6.07) is 24.0. The molecule has 4 aromatic rings. The maximum Gasteiger partial charge on any atom is 0.258 e. The Morgan fingerprint density at radius 1 is 0.778 bits per heavy atom. The minimum atomic E-state index is 0.510. The number of aryl methyl sites for hydroxylation is 2. The van der Waals surface area contributed by atoms with Gasteiger partial charge in [0.05, 0.1) is 0 Å². The van der Waals surface area contributed by atoms with Gasteiger partial charge in [-0.2, -0.15) is 4.98 Å². The molecule has 3 aromatic carbocycles. The summed E-state index contributed by atoms with van der Waals surface area (Å²) in [6.45, 7) is 4.64. The Labute approximate surface area is 158 Å². The van der Waals surface area contributed by atoms with Crippen LogP contribution in [0.2, 0.25) is 0 Å². The van der Waals surface area contributed by atoms with E-state index in [0.717, 1.165) is 33.6 Å². The highest BCUT2D eigenvalue weighted by atomic mass is 16.5. The van der Waals surface area contributed by atoms with Gasteiger partial charge in [0.2, 0.25) is 5.82 Å². The molecule has 0 amide bonds. The van der Waals surface area contributed by atoms with Crippen LogP contribution in [0.3, 0.4) is 0 Å². The molecule has 0 spiro atoms. The molecular formula is C23H20N2O2. The van der Waals surface area contributed by atoms with Crippen molar-refractivity contribution in [3.8, 4) is 28.6 Å². The van der Waals surface area contributed by atoms with Crippen molar-refractivity contribution in [1.82, 2.24) is 10.1 Å². The van der Waals surface area contributed by atoms with Crippen LogP contribution in [0.25, 0.3) is 22.8 Å². The van der Waals surface area contributed by atoms with Crippen molar-refractivity contribution in [3.05, 3.63) is 89.5 Å². The van der Waals surface area contributed by atoms with Crippen molar-refractivity contribution in [2.75, 3.05) is 0 Å². The van der Waals surface area contributed by atoms with Crippen molar-refractivity contribution in [3.63, 3.8) is 0 Å². The molecule has 0 saturated heterocycles. The van der Waals surface area contributed by atoms with E-state index in [-0.39, 0.29) is 0 Å². The van der Waals surface area contributed by atoms with E-state index in [4.69, 9.17) is 9.26 Å². The number of para-hydroxylation sites is 1. The molecule has 0 unspecified atom stereocenters. The van der Waals surface area contributed by atoms with E-state index >= 15 is 0 Å². The summed E-state index contributed by atoms with van der Waals surface area (Å²) in [4.78, 5) is 4.49. The van der Waals surface area contributed by atoms with E-state index in [0.29, 0.717) is 18.3 Å². The second kappa shape index (κ2) is 7.46. The molecule has 134 valence electrons. The minimum absolute atomic E-state index is 0.510. The molecule has 4 nitrogen and oxygen atoms in total. The largest absolute Gasteiger partial charge is 0.488 e. The summed E-state index contributed by atoms with van der Waals surface area (Å²) in [5, 5.41) is 4.07. The Balaban J connectivity index is 1.47. The Kier molecular flexibility index (Phi) is 4.71. The maximum atomic E-state index is 6.01. The summed E-state index contributed by atoms with van der Waals surface area (Å²) in [5.74, 6) is 2.05. The van der Waals surface area contributed by atoms with Crippen LogP contribution < -0.4 is 4.74 Å². The lowest BCUT2D eigenvalue weighted by Gasteiger charge is -2.12. The molecule has 0 aliphatic carbocycles. The lowest BCUT2D eigenvalue weighted by molar-refractivity contribution is 0.302. The predicted molar refractivity (Wildman–Crippen MR) is 105 cm³/mol. The second-order valence-corrected chi connectivity index (χ2v) is 6.50. The molecule has 0 fully saturated rings. The van der Waals surface area contributed by atoms with Gasteiger partial charge in [-0.1, -0.05) is 65.8 Å².